The lowest BCUT2D eigenvalue weighted by molar-refractivity contribution is 0.276. The van der Waals surface area contributed by atoms with Crippen LogP contribution in [-0.4, -0.2) is 11.0 Å². The van der Waals surface area contributed by atoms with Crippen molar-refractivity contribution in [3.8, 4) is 0 Å². The van der Waals surface area contributed by atoms with E-state index in [1.165, 1.54) is 19.3 Å². The molecule has 17 heavy (non-hydrogen) atoms. The van der Waals surface area contributed by atoms with Gasteiger partial charge in [-0.05, 0) is 47.0 Å². The Bertz CT molecular complexity index is 374. The predicted octanol–water partition coefficient (Wildman–Crippen LogP) is 3.66. The van der Waals surface area contributed by atoms with Crippen molar-refractivity contribution >= 4 is 27.3 Å². The molecule has 0 bridgehead atoms. The number of hydrogen-bond acceptors (Lipinski definition) is 3. The zero-order valence-corrected chi connectivity index (χ0v) is 12.0. The van der Waals surface area contributed by atoms with Gasteiger partial charge in [0.15, 0.2) is 0 Å². The number of rotatable bonds is 2. The minimum atomic E-state index is 0.521. The van der Waals surface area contributed by atoms with Gasteiger partial charge in [-0.2, -0.15) is 0 Å². The summed E-state index contributed by atoms with van der Waals surface area (Å²) in [5.74, 6) is 1.54. The van der Waals surface area contributed by atoms with E-state index in [2.05, 4.69) is 40.1 Å². The van der Waals surface area contributed by atoms with E-state index in [9.17, 15) is 0 Å². The first-order valence-corrected chi connectivity index (χ1v) is 7.02. The molecule has 3 unspecified atom stereocenters. The lowest BCUT2D eigenvalue weighted by Gasteiger charge is -2.34. The molecule has 3 atom stereocenters. The Hall–Kier alpha value is -0.770. The van der Waals surface area contributed by atoms with Gasteiger partial charge in [0.2, 0.25) is 0 Å². The van der Waals surface area contributed by atoms with Crippen LogP contribution in [0.4, 0.5) is 11.4 Å². The largest absolute Gasteiger partial charge is 0.396 e. The fraction of sp³-hybridized carbons (Fsp3) is 0.615. The summed E-state index contributed by atoms with van der Waals surface area (Å²) in [5.41, 5.74) is 7.66. The van der Waals surface area contributed by atoms with Gasteiger partial charge in [0.05, 0.1) is 22.0 Å². The highest BCUT2D eigenvalue weighted by atomic mass is 79.9. The van der Waals surface area contributed by atoms with Gasteiger partial charge in [-0.15, -0.1) is 0 Å². The van der Waals surface area contributed by atoms with Gasteiger partial charge in [-0.3, -0.25) is 4.98 Å². The van der Waals surface area contributed by atoms with Gasteiger partial charge < -0.3 is 11.1 Å². The first-order chi connectivity index (χ1) is 8.08. The second kappa shape index (κ2) is 5.25. The van der Waals surface area contributed by atoms with Crippen LogP contribution in [0, 0.1) is 11.8 Å². The van der Waals surface area contributed by atoms with Crippen LogP contribution in [0.1, 0.15) is 33.1 Å². The van der Waals surface area contributed by atoms with Crippen molar-refractivity contribution in [2.75, 3.05) is 11.1 Å². The van der Waals surface area contributed by atoms with E-state index >= 15 is 0 Å². The summed E-state index contributed by atoms with van der Waals surface area (Å²) < 4.78 is 0.948. The maximum atomic E-state index is 5.96. The van der Waals surface area contributed by atoms with Crippen molar-refractivity contribution in [1.29, 1.82) is 0 Å². The lowest BCUT2D eigenvalue weighted by Crippen LogP contribution is -2.33. The average molecular weight is 298 g/mol. The van der Waals surface area contributed by atoms with Crippen molar-refractivity contribution < 1.29 is 0 Å². The molecule has 1 aromatic heterocycles. The SMILES string of the molecule is CC1CCC(Nc2c(N)cncc2Br)C(C)C1. The van der Waals surface area contributed by atoms with Crippen molar-refractivity contribution in [3.05, 3.63) is 16.9 Å². The molecule has 3 nitrogen and oxygen atoms in total. The molecule has 2 rings (SSSR count). The van der Waals surface area contributed by atoms with Gasteiger partial charge in [-0.25, -0.2) is 0 Å². The Morgan fingerprint density at radius 2 is 2.12 bits per heavy atom. The number of aromatic nitrogens is 1. The molecular weight excluding hydrogens is 278 g/mol. The second-order valence-electron chi connectivity index (χ2n) is 5.23. The topological polar surface area (TPSA) is 50.9 Å². The first kappa shape index (κ1) is 12.7. The molecule has 94 valence electrons. The molecule has 1 saturated carbocycles. The van der Waals surface area contributed by atoms with Crippen molar-refractivity contribution in [1.82, 2.24) is 4.98 Å². The number of pyridine rings is 1. The molecule has 1 heterocycles. The standard InChI is InChI=1S/C13H20BrN3/c1-8-3-4-12(9(2)5-8)17-13-10(14)6-16-7-11(13)15/h6-9,12H,3-5,15H2,1-2H3,(H,16,17). The van der Waals surface area contributed by atoms with E-state index in [0.717, 1.165) is 16.1 Å². The molecule has 0 radical (unpaired) electrons. The second-order valence-corrected chi connectivity index (χ2v) is 6.09. The third-order valence-corrected chi connectivity index (χ3v) is 4.29. The molecule has 4 heteroatoms. The van der Waals surface area contributed by atoms with Crippen LogP contribution >= 0.6 is 15.9 Å². The van der Waals surface area contributed by atoms with E-state index in [1.54, 1.807) is 12.4 Å². The summed E-state index contributed by atoms with van der Waals surface area (Å²) in [6, 6.07) is 0.521. The Balaban J connectivity index is 2.10. The molecule has 1 aliphatic carbocycles. The number of halogens is 1. The van der Waals surface area contributed by atoms with E-state index in [1.807, 2.05) is 0 Å². The molecule has 1 fully saturated rings. The zero-order chi connectivity index (χ0) is 12.4. The maximum Gasteiger partial charge on any atom is 0.0752 e. The normalized spacial score (nSPS) is 29.0. The minimum Gasteiger partial charge on any atom is -0.396 e. The van der Waals surface area contributed by atoms with Crippen LogP contribution in [0.3, 0.4) is 0 Å². The van der Waals surface area contributed by atoms with Crippen molar-refractivity contribution in [3.63, 3.8) is 0 Å². The molecule has 1 aromatic rings. The van der Waals surface area contributed by atoms with Gasteiger partial charge in [0.1, 0.15) is 0 Å². The third kappa shape index (κ3) is 2.92. The lowest BCUT2D eigenvalue weighted by atomic mass is 9.80. The highest BCUT2D eigenvalue weighted by molar-refractivity contribution is 9.10. The molecule has 3 N–H and O–H groups in total. The molecular formula is C13H20BrN3. The summed E-state index contributed by atoms with van der Waals surface area (Å²) >= 11 is 3.50. The number of nitrogens with one attached hydrogen (secondary N) is 1. The van der Waals surface area contributed by atoms with E-state index in [-0.39, 0.29) is 0 Å². The molecule has 0 amide bonds. The summed E-state index contributed by atoms with van der Waals surface area (Å²) in [4.78, 5) is 4.06. The molecule has 0 aliphatic heterocycles. The Labute approximate surface area is 111 Å². The van der Waals surface area contributed by atoms with Crippen molar-refractivity contribution in [2.24, 2.45) is 11.8 Å². The van der Waals surface area contributed by atoms with Crippen LogP contribution < -0.4 is 11.1 Å². The average Bonchev–Trinajstić information content (AvgIpc) is 2.26. The summed E-state index contributed by atoms with van der Waals surface area (Å²) in [6.45, 7) is 4.65. The van der Waals surface area contributed by atoms with Crippen LogP contribution in [0.15, 0.2) is 16.9 Å². The summed E-state index contributed by atoms with van der Waals surface area (Å²) in [5, 5.41) is 3.58. The van der Waals surface area contributed by atoms with Crippen LogP contribution in [0.5, 0.6) is 0 Å². The maximum absolute atomic E-state index is 5.96. The number of hydrogen-bond donors (Lipinski definition) is 2. The number of nitrogens with zero attached hydrogens (tertiary/aromatic N) is 1. The fourth-order valence-electron chi connectivity index (χ4n) is 2.67. The van der Waals surface area contributed by atoms with Gasteiger partial charge >= 0.3 is 0 Å². The minimum absolute atomic E-state index is 0.521. The Morgan fingerprint density at radius 1 is 1.35 bits per heavy atom. The van der Waals surface area contributed by atoms with E-state index in [4.69, 9.17) is 5.73 Å². The van der Waals surface area contributed by atoms with Crippen LogP contribution in [0.2, 0.25) is 0 Å². The third-order valence-electron chi connectivity index (χ3n) is 3.69. The van der Waals surface area contributed by atoms with E-state index in [0.29, 0.717) is 17.6 Å². The highest BCUT2D eigenvalue weighted by Crippen LogP contribution is 2.34. The van der Waals surface area contributed by atoms with Crippen LogP contribution in [-0.2, 0) is 0 Å². The monoisotopic (exact) mass is 297 g/mol. The first-order valence-electron chi connectivity index (χ1n) is 6.23. The zero-order valence-electron chi connectivity index (χ0n) is 10.4. The van der Waals surface area contributed by atoms with Crippen molar-refractivity contribution in [2.45, 2.75) is 39.2 Å². The van der Waals surface area contributed by atoms with Gasteiger partial charge in [-0.1, -0.05) is 13.8 Å². The molecule has 1 aliphatic rings. The van der Waals surface area contributed by atoms with Crippen LogP contribution in [0.25, 0.3) is 0 Å². The predicted molar refractivity (Wildman–Crippen MR) is 75.9 cm³/mol. The Kier molecular flexibility index (Phi) is 3.92. The number of anilines is 2. The molecule has 0 saturated heterocycles. The molecule has 0 aromatic carbocycles. The summed E-state index contributed by atoms with van der Waals surface area (Å²) in [6.07, 6.45) is 7.29. The van der Waals surface area contributed by atoms with Gasteiger partial charge in [0, 0.05) is 12.2 Å². The molecule has 0 spiro atoms. The number of nitrogens with two attached hydrogens (primary N) is 1. The fourth-order valence-corrected chi connectivity index (χ4v) is 3.13. The smallest absolute Gasteiger partial charge is 0.0752 e. The van der Waals surface area contributed by atoms with E-state index < -0.39 is 0 Å². The van der Waals surface area contributed by atoms with Gasteiger partial charge in [0.25, 0.3) is 0 Å². The quantitative estimate of drug-likeness (QED) is 0.876. The number of nitrogen functional groups attached to an aromatic ring is 1. The summed E-state index contributed by atoms with van der Waals surface area (Å²) in [7, 11) is 0. The Morgan fingerprint density at radius 3 is 2.76 bits per heavy atom. The highest BCUT2D eigenvalue weighted by Gasteiger charge is 2.26.